The fourth-order valence-electron chi connectivity index (χ4n) is 0.487. The largest absolute Gasteiger partial charge is 0.477 e. The van der Waals surface area contributed by atoms with Crippen LogP contribution in [0.5, 0.6) is 0 Å². The number of likely N-dealkylation sites (N-methyl/N-ethyl adjacent to an activating group) is 1. The van der Waals surface area contributed by atoms with Gasteiger partial charge in [0.05, 0.1) is 0 Å². The summed E-state index contributed by atoms with van der Waals surface area (Å²) in [6, 6.07) is 0. The Morgan fingerprint density at radius 3 is 2.33 bits per heavy atom. The van der Waals surface area contributed by atoms with Crippen LogP contribution in [0.25, 0.3) is 0 Å². The Balaban J connectivity index is 4.96. The summed E-state index contributed by atoms with van der Waals surface area (Å²) in [6.07, 6.45) is 0. The Bertz CT molecular complexity index is 260. The second-order valence-electron chi connectivity index (χ2n) is 1.71. The average Bonchev–Trinajstić information content (AvgIpc) is 2.03. The lowest BCUT2D eigenvalue weighted by atomic mass is 10.4. The molecule has 0 spiro atoms. The number of halogens is 1. The van der Waals surface area contributed by atoms with Crippen LogP contribution in [0.4, 0.5) is 0 Å². The standard InChI is InChI=1S/C6H7ClN2O3/c1-8-4(6(11)12)3(7)5(10)9-2/h8H,2H2,1H3,(H,11,12). The van der Waals surface area contributed by atoms with Gasteiger partial charge in [0.1, 0.15) is 10.7 Å². The van der Waals surface area contributed by atoms with Crippen LogP contribution in [0.3, 0.4) is 0 Å². The van der Waals surface area contributed by atoms with Crippen molar-refractivity contribution in [3.05, 3.63) is 10.7 Å². The van der Waals surface area contributed by atoms with Gasteiger partial charge in [0.25, 0.3) is 5.91 Å². The lowest BCUT2D eigenvalue weighted by molar-refractivity contribution is -0.133. The molecule has 0 bridgehead atoms. The maximum atomic E-state index is 10.7. The molecule has 2 N–H and O–H groups in total. The van der Waals surface area contributed by atoms with Crippen LogP contribution in [0.15, 0.2) is 15.7 Å². The average molecular weight is 191 g/mol. The first-order chi connectivity index (χ1) is 5.54. The molecule has 0 aliphatic heterocycles. The van der Waals surface area contributed by atoms with Crippen molar-refractivity contribution in [3.8, 4) is 0 Å². The van der Waals surface area contributed by atoms with Crippen molar-refractivity contribution >= 4 is 30.2 Å². The van der Waals surface area contributed by atoms with Gasteiger partial charge in [0.2, 0.25) is 0 Å². The zero-order valence-corrected chi connectivity index (χ0v) is 7.05. The summed E-state index contributed by atoms with van der Waals surface area (Å²) in [5.74, 6) is -2.19. The number of aliphatic carboxylic acids is 1. The summed E-state index contributed by atoms with van der Waals surface area (Å²) in [6.45, 7) is 2.92. The third kappa shape index (κ3) is 2.35. The zero-order valence-electron chi connectivity index (χ0n) is 6.30. The Labute approximate surface area is 73.7 Å². The Hall–Kier alpha value is -1.36. The molecule has 0 aromatic heterocycles. The zero-order chi connectivity index (χ0) is 9.72. The van der Waals surface area contributed by atoms with Gasteiger partial charge < -0.3 is 10.4 Å². The Morgan fingerprint density at radius 2 is 2.08 bits per heavy atom. The molecule has 0 saturated carbocycles. The minimum Gasteiger partial charge on any atom is -0.477 e. The van der Waals surface area contributed by atoms with Crippen LogP contribution < -0.4 is 5.32 Å². The van der Waals surface area contributed by atoms with Gasteiger partial charge in [-0.2, -0.15) is 0 Å². The van der Waals surface area contributed by atoms with Gasteiger partial charge in [0, 0.05) is 7.05 Å². The molecule has 1 amide bonds. The van der Waals surface area contributed by atoms with E-state index in [2.05, 4.69) is 17.0 Å². The van der Waals surface area contributed by atoms with Crippen molar-refractivity contribution in [1.82, 2.24) is 5.32 Å². The molecular weight excluding hydrogens is 184 g/mol. The highest BCUT2D eigenvalue weighted by atomic mass is 35.5. The molecular formula is C6H7ClN2O3. The van der Waals surface area contributed by atoms with Crippen molar-refractivity contribution in [2.75, 3.05) is 7.05 Å². The monoisotopic (exact) mass is 190 g/mol. The molecule has 0 unspecified atom stereocenters. The van der Waals surface area contributed by atoms with Crippen LogP contribution in [0.1, 0.15) is 0 Å². The summed E-state index contributed by atoms with van der Waals surface area (Å²) in [5.41, 5.74) is -0.394. The van der Waals surface area contributed by atoms with Gasteiger partial charge in [-0.3, -0.25) is 4.79 Å². The Kier molecular flexibility index (Phi) is 3.99. The highest BCUT2D eigenvalue weighted by Crippen LogP contribution is 2.08. The molecule has 0 rings (SSSR count). The fourth-order valence-corrected chi connectivity index (χ4v) is 0.722. The third-order valence-electron chi connectivity index (χ3n) is 1.01. The van der Waals surface area contributed by atoms with Crippen LogP contribution >= 0.6 is 11.6 Å². The van der Waals surface area contributed by atoms with Crippen molar-refractivity contribution in [3.63, 3.8) is 0 Å². The predicted octanol–water partition coefficient (Wildman–Crippen LogP) is -0.0320. The summed E-state index contributed by atoms with van der Waals surface area (Å²) in [5, 5.41) is 10.2. The molecule has 0 aromatic carbocycles. The molecule has 66 valence electrons. The molecule has 0 fully saturated rings. The minimum atomic E-state index is -1.32. The number of carboxylic acid groups (broad SMARTS) is 1. The number of hydrogen-bond donors (Lipinski definition) is 2. The highest BCUT2D eigenvalue weighted by Gasteiger charge is 2.16. The third-order valence-corrected chi connectivity index (χ3v) is 1.37. The first kappa shape index (κ1) is 10.6. The van der Waals surface area contributed by atoms with Gasteiger partial charge in [-0.25, -0.2) is 9.79 Å². The smallest absolute Gasteiger partial charge is 0.353 e. The predicted molar refractivity (Wildman–Crippen MR) is 44.1 cm³/mol. The molecule has 0 radical (unpaired) electrons. The van der Waals surface area contributed by atoms with Gasteiger partial charge in [0.15, 0.2) is 0 Å². The first-order valence-electron chi connectivity index (χ1n) is 2.86. The van der Waals surface area contributed by atoms with Crippen molar-refractivity contribution in [2.24, 2.45) is 4.99 Å². The molecule has 6 heteroatoms. The van der Waals surface area contributed by atoms with Crippen molar-refractivity contribution in [1.29, 1.82) is 0 Å². The second-order valence-corrected chi connectivity index (χ2v) is 2.09. The molecule has 0 saturated heterocycles. The summed E-state index contributed by atoms with van der Waals surface area (Å²) in [4.78, 5) is 24.0. The van der Waals surface area contributed by atoms with Crippen molar-refractivity contribution < 1.29 is 14.7 Å². The van der Waals surface area contributed by atoms with Gasteiger partial charge in [-0.1, -0.05) is 11.6 Å². The van der Waals surface area contributed by atoms with Crippen LogP contribution in [-0.2, 0) is 9.59 Å². The lowest BCUT2D eigenvalue weighted by Crippen LogP contribution is -2.19. The van der Waals surface area contributed by atoms with E-state index in [0.29, 0.717) is 0 Å². The molecule has 0 aromatic rings. The highest BCUT2D eigenvalue weighted by molar-refractivity contribution is 6.44. The first-order valence-corrected chi connectivity index (χ1v) is 3.24. The van der Waals surface area contributed by atoms with E-state index >= 15 is 0 Å². The minimum absolute atomic E-state index is 0.394. The van der Waals surface area contributed by atoms with E-state index in [-0.39, 0.29) is 0 Å². The number of nitrogens with zero attached hydrogens (tertiary/aromatic N) is 1. The molecule has 0 heterocycles. The number of nitrogens with one attached hydrogen (secondary N) is 1. The second kappa shape index (κ2) is 4.50. The Morgan fingerprint density at radius 1 is 1.58 bits per heavy atom. The molecule has 12 heavy (non-hydrogen) atoms. The van der Waals surface area contributed by atoms with E-state index in [1.54, 1.807) is 0 Å². The van der Waals surface area contributed by atoms with Crippen molar-refractivity contribution in [2.45, 2.75) is 0 Å². The van der Waals surface area contributed by atoms with E-state index in [1.807, 2.05) is 0 Å². The van der Waals surface area contributed by atoms with Crippen LogP contribution in [0, 0.1) is 0 Å². The molecule has 0 atom stereocenters. The summed E-state index contributed by atoms with van der Waals surface area (Å²) in [7, 11) is 1.34. The normalized spacial score (nSPS) is 11.5. The molecule has 0 aliphatic rings. The van der Waals surface area contributed by atoms with E-state index < -0.39 is 22.6 Å². The quantitative estimate of drug-likeness (QED) is 0.484. The topological polar surface area (TPSA) is 78.8 Å². The number of carboxylic acids is 1. The van der Waals surface area contributed by atoms with E-state index in [9.17, 15) is 9.59 Å². The van der Waals surface area contributed by atoms with Crippen LogP contribution in [-0.4, -0.2) is 30.7 Å². The van der Waals surface area contributed by atoms with Gasteiger partial charge >= 0.3 is 5.97 Å². The number of hydrogen-bond acceptors (Lipinski definition) is 3. The number of rotatable bonds is 3. The SMILES string of the molecule is C=NC(=O)C(Cl)=C(NC)C(=O)O. The van der Waals surface area contributed by atoms with E-state index in [4.69, 9.17) is 16.7 Å². The van der Waals surface area contributed by atoms with E-state index in [1.165, 1.54) is 7.05 Å². The molecule has 0 aliphatic carbocycles. The number of aliphatic imine (C=N–C) groups is 1. The number of amides is 1. The lowest BCUT2D eigenvalue weighted by Gasteiger charge is -2.01. The maximum Gasteiger partial charge on any atom is 0.353 e. The fraction of sp³-hybridized carbons (Fsp3) is 0.167. The molecule has 5 nitrogen and oxygen atoms in total. The number of carbonyl (C=O) groups excluding carboxylic acids is 1. The summed E-state index contributed by atoms with van der Waals surface area (Å²) >= 11 is 5.35. The number of carbonyl (C=O) groups is 2. The summed E-state index contributed by atoms with van der Waals surface area (Å²) < 4.78 is 0. The van der Waals surface area contributed by atoms with E-state index in [0.717, 1.165) is 0 Å². The van der Waals surface area contributed by atoms with Gasteiger partial charge in [-0.15, -0.1) is 0 Å². The maximum absolute atomic E-state index is 10.7. The van der Waals surface area contributed by atoms with Crippen LogP contribution in [0.2, 0.25) is 0 Å². The van der Waals surface area contributed by atoms with Gasteiger partial charge in [-0.05, 0) is 6.72 Å².